The van der Waals surface area contributed by atoms with Crippen molar-refractivity contribution in [3.8, 4) is 0 Å². The summed E-state index contributed by atoms with van der Waals surface area (Å²) in [6.45, 7) is 0.383. The van der Waals surface area contributed by atoms with Gasteiger partial charge in [0.1, 0.15) is 6.10 Å². The van der Waals surface area contributed by atoms with E-state index in [1.54, 1.807) is 6.07 Å². The molecule has 2 unspecified atom stereocenters. The molecule has 6 nitrogen and oxygen atoms in total. The zero-order valence-electron chi connectivity index (χ0n) is 11.6. The van der Waals surface area contributed by atoms with E-state index < -0.39 is 12.1 Å². The Labute approximate surface area is 127 Å². The average Bonchev–Trinajstić information content (AvgIpc) is 2.95. The van der Waals surface area contributed by atoms with Crippen molar-refractivity contribution >= 4 is 29.2 Å². The quantitative estimate of drug-likeness (QED) is 0.824. The van der Waals surface area contributed by atoms with E-state index in [4.69, 9.17) is 22.1 Å². The molecule has 3 N–H and O–H groups in total. The molecule has 1 aliphatic heterocycles. The van der Waals surface area contributed by atoms with E-state index in [1.165, 1.54) is 19.2 Å². The van der Waals surface area contributed by atoms with Crippen LogP contribution >= 0.6 is 11.6 Å². The highest BCUT2D eigenvalue weighted by atomic mass is 35.5. The lowest BCUT2D eigenvalue weighted by atomic mass is 10.1. The van der Waals surface area contributed by atoms with Gasteiger partial charge < -0.3 is 20.5 Å². The SMILES string of the molecule is COC(=O)c1ccc(Cl)cc1NC(=O)C1CCC(CN)O1. The van der Waals surface area contributed by atoms with Crippen molar-refractivity contribution in [1.29, 1.82) is 0 Å². The summed E-state index contributed by atoms with van der Waals surface area (Å²) >= 11 is 5.90. The molecule has 2 rings (SSSR count). The summed E-state index contributed by atoms with van der Waals surface area (Å²) in [4.78, 5) is 23.9. The summed E-state index contributed by atoms with van der Waals surface area (Å²) < 4.78 is 10.2. The van der Waals surface area contributed by atoms with Gasteiger partial charge in [0.15, 0.2) is 0 Å². The van der Waals surface area contributed by atoms with Crippen LogP contribution in [-0.4, -0.2) is 37.7 Å². The number of nitrogens with two attached hydrogens (primary N) is 1. The average molecular weight is 313 g/mol. The van der Waals surface area contributed by atoms with Gasteiger partial charge in [-0.2, -0.15) is 0 Å². The van der Waals surface area contributed by atoms with Crippen LogP contribution in [0.1, 0.15) is 23.2 Å². The third-order valence-corrected chi connectivity index (χ3v) is 3.54. The van der Waals surface area contributed by atoms with Crippen molar-refractivity contribution in [2.75, 3.05) is 19.0 Å². The third-order valence-electron chi connectivity index (χ3n) is 3.31. The number of anilines is 1. The Kier molecular flexibility index (Phi) is 5.17. The summed E-state index contributed by atoms with van der Waals surface area (Å²) in [6.07, 6.45) is 0.679. The van der Waals surface area contributed by atoms with E-state index in [0.29, 0.717) is 23.7 Å². The molecule has 0 saturated carbocycles. The maximum Gasteiger partial charge on any atom is 0.339 e. The Balaban J connectivity index is 2.13. The first-order valence-corrected chi connectivity index (χ1v) is 6.97. The van der Waals surface area contributed by atoms with E-state index in [0.717, 1.165) is 6.42 Å². The van der Waals surface area contributed by atoms with Crippen LogP contribution < -0.4 is 11.1 Å². The van der Waals surface area contributed by atoms with Gasteiger partial charge in [0.2, 0.25) is 0 Å². The molecule has 1 saturated heterocycles. The van der Waals surface area contributed by atoms with Crippen molar-refractivity contribution in [3.63, 3.8) is 0 Å². The van der Waals surface area contributed by atoms with Gasteiger partial charge in [-0.3, -0.25) is 4.79 Å². The first kappa shape index (κ1) is 15.8. The fraction of sp³-hybridized carbons (Fsp3) is 0.429. The van der Waals surface area contributed by atoms with Crippen LogP contribution in [0.25, 0.3) is 0 Å². The maximum atomic E-state index is 12.2. The van der Waals surface area contributed by atoms with Crippen molar-refractivity contribution in [2.24, 2.45) is 5.73 Å². The molecule has 1 aromatic rings. The molecular formula is C14H17ClN2O4. The number of ether oxygens (including phenoxy) is 2. The highest BCUT2D eigenvalue weighted by Gasteiger charge is 2.30. The van der Waals surface area contributed by atoms with Gasteiger partial charge in [-0.05, 0) is 31.0 Å². The molecule has 1 aromatic carbocycles. The summed E-state index contributed by atoms with van der Waals surface area (Å²) in [5.74, 6) is -0.868. The van der Waals surface area contributed by atoms with E-state index in [2.05, 4.69) is 10.1 Å². The number of carbonyl (C=O) groups is 2. The smallest absolute Gasteiger partial charge is 0.339 e. The molecule has 1 fully saturated rings. The number of hydrogen-bond donors (Lipinski definition) is 2. The molecule has 114 valence electrons. The van der Waals surface area contributed by atoms with Gasteiger partial charge >= 0.3 is 5.97 Å². The number of hydrogen-bond acceptors (Lipinski definition) is 5. The Morgan fingerprint density at radius 3 is 2.86 bits per heavy atom. The highest BCUT2D eigenvalue weighted by Crippen LogP contribution is 2.24. The Hall–Kier alpha value is -1.63. The topological polar surface area (TPSA) is 90.7 Å². The monoisotopic (exact) mass is 312 g/mol. The minimum Gasteiger partial charge on any atom is -0.465 e. The van der Waals surface area contributed by atoms with Crippen LogP contribution in [0.15, 0.2) is 18.2 Å². The number of carbonyl (C=O) groups excluding carboxylic acids is 2. The summed E-state index contributed by atoms with van der Waals surface area (Å²) in [5, 5.41) is 3.07. The third kappa shape index (κ3) is 3.72. The van der Waals surface area contributed by atoms with Crippen molar-refractivity contribution in [3.05, 3.63) is 28.8 Å². The lowest BCUT2D eigenvalue weighted by Gasteiger charge is -2.14. The second-order valence-corrected chi connectivity index (χ2v) is 5.17. The van der Waals surface area contributed by atoms with Gasteiger partial charge in [-0.15, -0.1) is 0 Å². The summed E-state index contributed by atoms with van der Waals surface area (Å²) in [7, 11) is 1.27. The zero-order chi connectivity index (χ0) is 15.4. The molecule has 1 aliphatic rings. The first-order chi connectivity index (χ1) is 10.0. The van der Waals surface area contributed by atoms with Gasteiger partial charge in [-0.1, -0.05) is 11.6 Å². The standard InChI is InChI=1S/C14H17ClN2O4/c1-20-14(19)10-4-2-8(15)6-11(10)17-13(18)12-5-3-9(7-16)21-12/h2,4,6,9,12H,3,5,7,16H2,1H3,(H,17,18). The second-order valence-electron chi connectivity index (χ2n) is 4.73. The number of nitrogens with one attached hydrogen (secondary N) is 1. The number of esters is 1. The number of amides is 1. The van der Waals surface area contributed by atoms with Crippen LogP contribution in [0, 0.1) is 0 Å². The molecule has 1 heterocycles. The number of halogens is 1. The predicted molar refractivity (Wildman–Crippen MR) is 78.4 cm³/mol. The van der Waals surface area contributed by atoms with Gasteiger partial charge in [-0.25, -0.2) is 4.79 Å². The van der Waals surface area contributed by atoms with Gasteiger partial charge in [0, 0.05) is 11.6 Å². The maximum absolute atomic E-state index is 12.2. The van der Waals surface area contributed by atoms with Gasteiger partial charge in [0.05, 0.1) is 24.5 Å². The van der Waals surface area contributed by atoms with Crippen LogP contribution in [0.5, 0.6) is 0 Å². The minimum absolute atomic E-state index is 0.0970. The Bertz CT molecular complexity index is 550. The minimum atomic E-state index is -0.567. The lowest BCUT2D eigenvalue weighted by molar-refractivity contribution is -0.126. The molecule has 1 amide bonds. The molecule has 7 heteroatoms. The van der Waals surface area contributed by atoms with Crippen LogP contribution in [0.2, 0.25) is 5.02 Å². The lowest BCUT2D eigenvalue weighted by Crippen LogP contribution is -2.30. The van der Waals surface area contributed by atoms with Crippen molar-refractivity contribution < 1.29 is 19.1 Å². The van der Waals surface area contributed by atoms with E-state index in [-0.39, 0.29) is 17.6 Å². The van der Waals surface area contributed by atoms with Crippen LogP contribution in [-0.2, 0) is 14.3 Å². The van der Waals surface area contributed by atoms with Gasteiger partial charge in [0.25, 0.3) is 5.91 Å². The van der Waals surface area contributed by atoms with Crippen molar-refractivity contribution in [1.82, 2.24) is 0 Å². The fourth-order valence-electron chi connectivity index (χ4n) is 2.19. The first-order valence-electron chi connectivity index (χ1n) is 6.59. The zero-order valence-corrected chi connectivity index (χ0v) is 12.4. The van der Waals surface area contributed by atoms with Crippen molar-refractivity contribution in [2.45, 2.75) is 25.0 Å². The molecule has 21 heavy (non-hydrogen) atoms. The molecule has 0 spiro atoms. The number of benzene rings is 1. The molecule has 0 bridgehead atoms. The fourth-order valence-corrected chi connectivity index (χ4v) is 2.37. The van der Waals surface area contributed by atoms with E-state index >= 15 is 0 Å². The van der Waals surface area contributed by atoms with Crippen LogP contribution in [0.3, 0.4) is 0 Å². The summed E-state index contributed by atoms with van der Waals surface area (Å²) in [5.41, 5.74) is 6.06. The largest absolute Gasteiger partial charge is 0.465 e. The van der Waals surface area contributed by atoms with Crippen LogP contribution in [0.4, 0.5) is 5.69 Å². The molecular weight excluding hydrogens is 296 g/mol. The molecule has 0 aliphatic carbocycles. The molecule has 0 aromatic heterocycles. The highest BCUT2D eigenvalue weighted by molar-refractivity contribution is 6.31. The molecule has 2 atom stereocenters. The Morgan fingerprint density at radius 2 is 2.24 bits per heavy atom. The van der Waals surface area contributed by atoms with E-state index in [9.17, 15) is 9.59 Å². The summed E-state index contributed by atoms with van der Waals surface area (Å²) in [6, 6.07) is 4.56. The predicted octanol–water partition coefficient (Wildman–Crippen LogP) is 1.57. The number of rotatable bonds is 4. The normalized spacial score (nSPS) is 21.1. The number of methoxy groups -OCH3 is 1. The second kappa shape index (κ2) is 6.89. The van der Waals surface area contributed by atoms with E-state index in [1.807, 2.05) is 0 Å². The molecule has 0 radical (unpaired) electrons. The Morgan fingerprint density at radius 1 is 1.48 bits per heavy atom.